The van der Waals surface area contributed by atoms with Crippen LogP contribution in [0.3, 0.4) is 0 Å². The average Bonchev–Trinajstić information content (AvgIpc) is 1.88. The van der Waals surface area contributed by atoms with Crippen LogP contribution in [0, 0.1) is 6.92 Å². The van der Waals surface area contributed by atoms with E-state index in [0.29, 0.717) is 0 Å². The van der Waals surface area contributed by atoms with E-state index in [1.165, 1.54) is 5.56 Å². The fourth-order valence-corrected chi connectivity index (χ4v) is 0.824. The molecule has 0 N–H and O–H groups in total. The molecule has 0 amide bonds. The van der Waals surface area contributed by atoms with Gasteiger partial charge in [-0.1, -0.05) is 6.92 Å². The average molecular weight is 121 g/mol. The van der Waals surface area contributed by atoms with Crippen LogP contribution in [0.4, 0.5) is 0 Å². The molecule has 0 aliphatic rings. The summed E-state index contributed by atoms with van der Waals surface area (Å²) in [6, 6.07) is 4.16. The molecule has 9 heavy (non-hydrogen) atoms. The molecule has 0 fully saturated rings. The predicted octanol–water partition coefficient (Wildman–Crippen LogP) is 1.95. The third-order valence-electron chi connectivity index (χ3n) is 1.37. The van der Waals surface area contributed by atoms with Crippen LogP contribution in [0.5, 0.6) is 0 Å². The highest BCUT2D eigenvalue weighted by Gasteiger charge is 1.86. The smallest absolute Gasteiger partial charge is 0.0375 e. The Balaban J connectivity index is 2.94. The molecule has 0 aromatic carbocycles. The molecule has 1 nitrogen and oxygen atoms in total. The predicted molar refractivity (Wildman–Crippen MR) is 38.4 cm³/mol. The quantitative estimate of drug-likeness (QED) is 0.553. The van der Waals surface area contributed by atoms with E-state index in [1.54, 1.807) is 0 Å². The van der Waals surface area contributed by atoms with Crippen LogP contribution in [-0.4, -0.2) is 4.98 Å². The van der Waals surface area contributed by atoms with Gasteiger partial charge in [0, 0.05) is 11.9 Å². The molecule has 0 atom stereocenters. The SMILES string of the molecule is CCc1ccnc(C)c1. The Hall–Kier alpha value is -0.850. The zero-order valence-electron chi connectivity index (χ0n) is 5.89. The summed E-state index contributed by atoms with van der Waals surface area (Å²) < 4.78 is 0. The Morgan fingerprint density at radius 2 is 2.33 bits per heavy atom. The normalized spacial score (nSPS) is 9.56. The van der Waals surface area contributed by atoms with Crippen molar-refractivity contribution in [2.75, 3.05) is 0 Å². The van der Waals surface area contributed by atoms with Gasteiger partial charge in [-0.2, -0.15) is 0 Å². The number of aromatic nitrogens is 1. The second-order valence-corrected chi connectivity index (χ2v) is 2.16. The van der Waals surface area contributed by atoms with E-state index in [1.807, 2.05) is 19.2 Å². The van der Waals surface area contributed by atoms with Crippen molar-refractivity contribution in [2.24, 2.45) is 0 Å². The van der Waals surface area contributed by atoms with Crippen molar-refractivity contribution >= 4 is 0 Å². The Bertz CT molecular complexity index is 194. The van der Waals surface area contributed by atoms with Crippen LogP contribution in [0.25, 0.3) is 0 Å². The summed E-state index contributed by atoms with van der Waals surface area (Å²) in [6.45, 7) is 4.16. The van der Waals surface area contributed by atoms with Gasteiger partial charge in [0.05, 0.1) is 0 Å². The van der Waals surface area contributed by atoms with Gasteiger partial charge >= 0.3 is 0 Å². The van der Waals surface area contributed by atoms with Gasteiger partial charge in [-0.25, -0.2) is 0 Å². The number of rotatable bonds is 1. The molecule has 1 aromatic rings. The zero-order valence-corrected chi connectivity index (χ0v) is 5.89. The van der Waals surface area contributed by atoms with Crippen LogP contribution in [-0.2, 0) is 6.42 Å². The van der Waals surface area contributed by atoms with Crippen molar-refractivity contribution in [3.63, 3.8) is 0 Å². The van der Waals surface area contributed by atoms with E-state index >= 15 is 0 Å². The summed E-state index contributed by atoms with van der Waals surface area (Å²) in [4.78, 5) is 4.09. The van der Waals surface area contributed by atoms with E-state index < -0.39 is 0 Å². The van der Waals surface area contributed by atoms with Gasteiger partial charge in [0.15, 0.2) is 0 Å². The van der Waals surface area contributed by atoms with Gasteiger partial charge in [0.25, 0.3) is 0 Å². The number of hydrogen-bond acceptors (Lipinski definition) is 1. The molecule has 0 aliphatic carbocycles. The summed E-state index contributed by atoms with van der Waals surface area (Å²) in [5.41, 5.74) is 2.47. The molecular weight excluding hydrogens is 110 g/mol. The van der Waals surface area contributed by atoms with Gasteiger partial charge in [0.2, 0.25) is 0 Å². The second kappa shape index (κ2) is 2.62. The molecule has 0 spiro atoms. The highest BCUT2D eigenvalue weighted by molar-refractivity contribution is 5.14. The topological polar surface area (TPSA) is 12.9 Å². The summed E-state index contributed by atoms with van der Waals surface area (Å²) in [6.07, 6.45) is 2.96. The monoisotopic (exact) mass is 121 g/mol. The van der Waals surface area contributed by atoms with Crippen molar-refractivity contribution in [3.05, 3.63) is 29.6 Å². The van der Waals surface area contributed by atoms with Gasteiger partial charge in [-0.15, -0.1) is 0 Å². The van der Waals surface area contributed by atoms with Gasteiger partial charge < -0.3 is 0 Å². The van der Waals surface area contributed by atoms with Crippen molar-refractivity contribution in [1.29, 1.82) is 0 Å². The molecule has 0 saturated carbocycles. The van der Waals surface area contributed by atoms with Gasteiger partial charge in [-0.3, -0.25) is 4.98 Å². The lowest BCUT2D eigenvalue weighted by atomic mass is 10.2. The molecule has 0 aliphatic heterocycles. The third-order valence-corrected chi connectivity index (χ3v) is 1.37. The highest BCUT2D eigenvalue weighted by Crippen LogP contribution is 1.99. The first-order valence-corrected chi connectivity index (χ1v) is 3.24. The Morgan fingerprint density at radius 1 is 1.56 bits per heavy atom. The Labute approximate surface area is 55.7 Å². The Kier molecular flexibility index (Phi) is 1.83. The van der Waals surface area contributed by atoms with Crippen molar-refractivity contribution in [2.45, 2.75) is 20.3 Å². The molecule has 0 saturated heterocycles. The van der Waals surface area contributed by atoms with Crippen LogP contribution in [0.2, 0.25) is 0 Å². The minimum Gasteiger partial charge on any atom is -0.262 e. The molecular formula is C8H11N. The molecule has 0 radical (unpaired) electrons. The Morgan fingerprint density at radius 3 is 2.78 bits per heavy atom. The van der Waals surface area contributed by atoms with Crippen LogP contribution in [0.15, 0.2) is 18.3 Å². The summed E-state index contributed by atoms with van der Waals surface area (Å²) >= 11 is 0. The molecule has 48 valence electrons. The van der Waals surface area contributed by atoms with Crippen LogP contribution >= 0.6 is 0 Å². The maximum absolute atomic E-state index is 4.09. The molecule has 1 heteroatoms. The lowest BCUT2D eigenvalue weighted by molar-refractivity contribution is 1.09. The fourth-order valence-electron chi connectivity index (χ4n) is 0.824. The number of nitrogens with zero attached hydrogens (tertiary/aromatic N) is 1. The number of aryl methyl sites for hydroxylation is 2. The van der Waals surface area contributed by atoms with Crippen LogP contribution in [0.1, 0.15) is 18.2 Å². The minimum absolute atomic E-state index is 1.10. The fraction of sp³-hybridized carbons (Fsp3) is 0.375. The lowest BCUT2D eigenvalue weighted by Gasteiger charge is -1.94. The number of pyridine rings is 1. The highest BCUT2D eigenvalue weighted by atomic mass is 14.6. The van der Waals surface area contributed by atoms with Crippen molar-refractivity contribution in [1.82, 2.24) is 4.98 Å². The zero-order chi connectivity index (χ0) is 6.69. The van der Waals surface area contributed by atoms with E-state index in [9.17, 15) is 0 Å². The van der Waals surface area contributed by atoms with E-state index in [-0.39, 0.29) is 0 Å². The summed E-state index contributed by atoms with van der Waals surface area (Å²) in [7, 11) is 0. The molecule has 1 heterocycles. The molecule has 0 unspecified atom stereocenters. The summed E-state index contributed by atoms with van der Waals surface area (Å²) in [5, 5.41) is 0. The van der Waals surface area contributed by atoms with Crippen LogP contribution < -0.4 is 0 Å². The number of hydrogen-bond donors (Lipinski definition) is 0. The van der Waals surface area contributed by atoms with E-state index in [2.05, 4.69) is 18.0 Å². The van der Waals surface area contributed by atoms with Gasteiger partial charge in [-0.05, 0) is 31.0 Å². The minimum atomic E-state index is 1.10. The van der Waals surface area contributed by atoms with Crippen molar-refractivity contribution in [3.8, 4) is 0 Å². The standard InChI is InChI=1S/C8H11N/c1-3-8-4-5-9-7(2)6-8/h4-6H,3H2,1-2H3. The van der Waals surface area contributed by atoms with E-state index in [0.717, 1.165) is 12.1 Å². The first-order valence-electron chi connectivity index (χ1n) is 3.24. The first kappa shape index (κ1) is 6.27. The van der Waals surface area contributed by atoms with Crippen molar-refractivity contribution < 1.29 is 0 Å². The lowest BCUT2D eigenvalue weighted by Crippen LogP contribution is -1.83. The molecule has 0 bridgehead atoms. The maximum atomic E-state index is 4.09. The third kappa shape index (κ3) is 1.53. The summed E-state index contributed by atoms with van der Waals surface area (Å²) in [5.74, 6) is 0. The maximum Gasteiger partial charge on any atom is 0.0375 e. The molecule has 1 aromatic heterocycles. The second-order valence-electron chi connectivity index (χ2n) is 2.16. The largest absolute Gasteiger partial charge is 0.262 e. The molecule has 1 rings (SSSR count). The van der Waals surface area contributed by atoms with E-state index in [4.69, 9.17) is 0 Å². The van der Waals surface area contributed by atoms with Gasteiger partial charge in [0.1, 0.15) is 0 Å². The first-order chi connectivity index (χ1) is 4.33.